The minimum atomic E-state index is -0.0139. The summed E-state index contributed by atoms with van der Waals surface area (Å²) in [6, 6.07) is 13.2. The average molecular weight is 344 g/mol. The summed E-state index contributed by atoms with van der Waals surface area (Å²) in [5.41, 5.74) is 6.08. The number of hydrogen-bond donors (Lipinski definition) is 1. The van der Waals surface area contributed by atoms with Crippen LogP contribution in [0, 0.1) is 0 Å². The number of nitrogens with one attached hydrogen (secondary N) is 1. The zero-order chi connectivity index (χ0) is 14.8. The molecular weight excluding hydrogens is 326 g/mol. The zero-order valence-electron chi connectivity index (χ0n) is 12.1. The first-order chi connectivity index (χ1) is 10.1. The van der Waals surface area contributed by atoms with Crippen molar-refractivity contribution in [2.45, 2.75) is 32.6 Å². The molecule has 0 aliphatic heterocycles. The molecular formula is C18H18BrNO. The molecule has 1 amide bonds. The van der Waals surface area contributed by atoms with Crippen LogP contribution in [0.25, 0.3) is 0 Å². The highest BCUT2D eigenvalue weighted by Crippen LogP contribution is 2.29. The van der Waals surface area contributed by atoms with Gasteiger partial charge in [0.15, 0.2) is 0 Å². The van der Waals surface area contributed by atoms with Gasteiger partial charge in [-0.25, -0.2) is 0 Å². The van der Waals surface area contributed by atoms with E-state index in [1.54, 1.807) is 6.92 Å². The van der Waals surface area contributed by atoms with E-state index < -0.39 is 0 Å². The van der Waals surface area contributed by atoms with E-state index in [4.69, 9.17) is 0 Å². The van der Waals surface area contributed by atoms with Crippen LogP contribution >= 0.6 is 15.9 Å². The number of carbonyl (C=O) groups is 1. The monoisotopic (exact) mass is 343 g/mol. The molecule has 2 aromatic carbocycles. The molecule has 0 atom stereocenters. The number of carbonyl (C=O) groups excluding carboxylic acids is 1. The van der Waals surface area contributed by atoms with Gasteiger partial charge in [0.1, 0.15) is 0 Å². The van der Waals surface area contributed by atoms with Crippen LogP contribution in [-0.2, 0) is 30.5 Å². The minimum Gasteiger partial charge on any atom is -0.326 e. The molecule has 108 valence electrons. The summed E-state index contributed by atoms with van der Waals surface area (Å²) in [6.45, 7) is 1.56. The Bertz CT molecular complexity index is 676. The maximum atomic E-state index is 11.4. The van der Waals surface area contributed by atoms with E-state index in [1.165, 1.54) is 22.3 Å². The molecule has 3 heteroatoms. The van der Waals surface area contributed by atoms with Gasteiger partial charge < -0.3 is 5.32 Å². The highest BCUT2D eigenvalue weighted by molar-refractivity contribution is 9.10. The van der Waals surface area contributed by atoms with Crippen LogP contribution in [0.4, 0.5) is 5.69 Å². The van der Waals surface area contributed by atoms with Crippen LogP contribution in [0.3, 0.4) is 0 Å². The molecule has 0 spiro atoms. The van der Waals surface area contributed by atoms with Crippen molar-refractivity contribution in [1.29, 1.82) is 0 Å². The maximum absolute atomic E-state index is 11.4. The Kier molecular flexibility index (Phi) is 4.11. The third-order valence-corrected chi connectivity index (χ3v) is 4.71. The zero-order valence-corrected chi connectivity index (χ0v) is 13.7. The Balaban J connectivity index is 2.03. The summed E-state index contributed by atoms with van der Waals surface area (Å²) in [5.74, 6) is -0.0139. The number of aryl methyl sites for hydroxylation is 4. The standard InChI is InChI=1S/C18H18BrNO/c1-12(21)20-18-11-15-8-6-13-2-4-14(5-3-13)7-9-16(18)10-17(15)19/h2-5,10-11H,6-9H2,1H3,(H,20,21). The molecule has 0 heterocycles. The lowest BCUT2D eigenvalue weighted by molar-refractivity contribution is -0.114. The number of hydrogen-bond acceptors (Lipinski definition) is 1. The Hall–Kier alpha value is -1.61. The van der Waals surface area contributed by atoms with E-state index in [-0.39, 0.29) is 5.91 Å². The lowest BCUT2D eigenvalue weighted by Crippen LogP contribution is -2.10. The predicted molar refractivity (Wildman–Crippen MR) is 89.7 cm³/mol. The summed E-state index contributed by atoms with van der Waals surface area (Å²) in [7, 11) is 0. The average Bonchev–Trinajstić information content (AvgIpc) is 2.44. The second kappa shape index (κ2) is 6.02. The second-order valence-electron chi connectivity index (χ2n) is 5.60. The van der Waals surface area contributed by atoms with Crippen LogP contribution in [0.15, 0.2) is 40.9 Å². The van der Waals surface area contributed by atoms with Crippen molar-refractivity contribution in [3.05, 3.63) is 63.1 Å². The molecule has 1 N–H and O–H groups in total. The van der Waals surface area contributed by atoms with Crippen molar-refractivity contribution in [3.8, 4) is 0 Å². The molecule has 0 saturated heterocycles. The fourth-order valence-electron chi connectivity index (χ4n) is 2.79. The molecule has 4 aliphatic carbocycles. The minimum absolute atomic E-state index is 0.0139. The lowest BCUT2D eigenvalue weighted by Gasteiger charge is -2.16. The van der Waals surface area contributed by atoms with Gasteiger partial charge in [-0.1, -0.05) is 40.2 Å². The van der Waals surface area contributed by atoms with Gasteiger partial charge in [-0.3, -0.25) is 4.79 Å². The molecule has 0 saturated carbocycles. The summed E-state index contributed by atoms with van der Waals surface area (Å²) in [6.07, 6.45) is 3.89. The SMILES string of the molecule is CC(=O)Nc1cc2c(Br)cc1CCc1ccc(cc1)CC2. The third-order valence-electron chi connectivity index (χ3n) is 3.97. The predicted octanol–water partition coefficient (Wildman–Crippen LogP) is 4.29. The molecule has 0 fully saturated rings. The highest BCUT2D eigenvalue weighted by atomic mass is 79.9. The molecule has 4 bridgehead atoms. The van der Waals surface area contributed by atoms with Crippen LogP contribution in [-0.4, -0.2) is 5.91 Å². The Morgan fingerprint density at radius 1 is 0.952 bits per heavy atom. The van der Waals surface area contributed by atoms with Crippen molar-refractivity contribution >= 4 is 27.5 Å². The largest absolute Gasteiger partial charge is 0.326 e. The van der Waals surface area contributed by atoms with Crippen LogP contribution in [0.1, 0.15) is 29.2 Å². The molecule has 2 nitrogen and oxygen atoms in total. The summed E-state index contributed by atoms with van der Waals surface area (Å²) in [4.78, 5) is 11.4. The van der Waals surface area contributed by atoms with Crippen molar-refractivity contribution in [3.63, 3.8) is 0 Å². The van der Waals surface area contributed by atoms with Crippen molar-refractivity contribution in [2.24, 2.45) is 0 Å². The van der Waals surface area contributed by atoms with E-state index in [0.717, 1.165) is 35.8 Å². The smallest absolute Gasteiger partial charge is 0.221 e. The van der Waals surface area contributed by atoms with Gasteiger partial charge in [-0.05, 0) is 60.1 Å². The number of benzene rings is 2. The summed E-state index contributed by atoms with van der Waals surface area (Å²) < 4.78 is 1.14. The van der Waals surface area contributed by atoms with Crippen molar-refractivity contribution < 1.29 is 4.79 Å². The fraction of sp³-hybridized carbons (Fsp3) is 0.278. The number of halogens is 1. The van der Waals surface area contributed by atoms with Gasteiger partial charge in [0, 0.05) is 17.1 Å². The number of anilines is 1. The summed E-state index contributed by atoms with van der Waals surface area (Å²) in [5, 5.41) is 2.98. The van der Waals surface area contributed by atoms with Crippen molar-refractivity contribution in [1.82, 2.24) is 0 Å². The number of rotatable bonds is 1. The van der Waals surface area contributed by atoms with Gasteiger partial charge >= 0.3 is 0 Å². The summed E-state index contributed by atoms with van der Waals surface area (Å²) >= 11 is 3.68. The van der Waals surface area contributed by atoms with Gasteiger partial charge in [-0.15, -0.1) is 0 Å². The molecule has 0 radical (unpaired) electrons. The normalized spacial score (nSPS) is 13.6. The van der Waals surface area contributed by atoms with Crippen LogP contribution in [0.5, 0.6) is 0 Å². The van der Waals surface area contributed by atoms with E-state index in [2.05, 4.69) is 57.6 Å². The van der Waals surface area contributed by atoms with E-state index in [9.17, 15) is 4.79 Å². The van der Waals surface area contributed by atoms with Crippen molar-refractivity contribution in [2.75, 3.05) is 5.32 Å². The molecule has 2 aromatic rings. The quantitative estimate of drug-likeness (QED) is 0.822. The Morgan fingerprint density at radius 2 is 1.52 bits per heavy atom. The molecule has 0 unspecified atom stereocenters. The lowest BCUT2D eigenvalue weighted by atomic mass is 9.95. The first-order valence-corrected chi connectivity index (χ1v) is 8.08. The molecule has 21 heavy (non-hydrogen) atoms. The highest BCUT2D eigenvalue weighted by Gasteiger charge is 2.11. The maximum Gasteiger partial charge on any atom is 0.221 e. The number of amides is 1. The first kappa shape index (κ1) is 14.3. The third kappa shape index (κ3) is 3.35. The van der Waals surface area contributed by atoms with Gasteiger partial charge in [0.05, 0.1) is 0 Å². The first-order valence-electron chi connectivity index (χ1n) is 7.28. The molecule has 0 aromatic heterocycles. The molecule has 4 aliphatic rings. The van der Waals surface area contributed by atoms with E-state index >= 15 is 0 Å². The molecule has 6 rings (SSSR count). The van der Waals surface area contributed by atoms with Crippen LogP contribution in [0.2, 0.25) is 0 Å². The second-order valence-corrected chi connectivity index (χ2v) is 6.45. The van der Waals surface area contributed by atoms with Crippen LogP contribution < -0.4 is 5.32 Å². The Labute approximate surface area is 133 Å². The van der Waals surface area contributed by atoms with Gasteiger partial charge in [-0.2, -0.15) is 0 Å². The van der Waals surface area contributed by atoms with Gasteiger partial charge in [0.25, 0.3) is 0 Å². The topological polar surface area (TPSA) is 29.1 Å². The fourth-order valence-corrected chi connectivity index (χ4v) is 3.38. The van der Waals surface area contributed by atoms with Gasteiger partial charge in [0.2, 0.25) is 5.91 Å². The van der Waals surface area contributed by atoms with E-state index in [0.29, 0.717) is 0 Å². The Morgan fingerprint density at radius 3 is 2.10 bits per heavy atom. The van der Waals surface area contributed by atoms with E-state index in [1.807, 2.05) is 0 Å².